The van der Waals surface area contributed by atoms with Gasteiger partial charge in [-0.1, -0.05) is 0 Å². The second-order valence-corrected chi connectivity index (χ2v) is 3.19. The fraction of sp³-hybridized carbons (Fsp3) is 0.182. The number of pyridine rings is 1. The number of nitrogens with one attached hydrogen (secondary N) is 2. The molecule has 0 saturated heterocycles. The van der Waals surface area contributed by atoms with Gasteiger partial charge in [0, 0.05) is 24.9 Å². The van der Waals surface area contributed by atoms with E-state index in [4.69, 9.17) is 11.5 Å². The van der Waals surface area contributed by atoms with Crippen LogP contribution in [0.3, 0.4) is 0 Å². The first-order chi connectivity index (χ1) is 8.06. The number of aliphatic carboxylic acids is 1. The zero-order valence-corrected chi connectivity index (χ0v) is 8.77. The minimum absolute atomic E-state index is 0.147. The van der Waals surface area contributed by atoms with Crippen molar-refractivity contribution in [1.29, 1.82) is 0 Å². The van der Waals surface area contributed by atoms with E-state index in [1.807, 2.05) is 0 Å². The highest BCUT2D eigenvalue weighted by Crippen LogP contribution is 1.95. The molecule has 1 heterocycles. The maximum absolute atomic E-state index is 11.6. The first kappa shape index (κ1) is 12.5. The van der Waals surface area contributed by atoms with Crippen LogP contribution in [-0.4, -0.2) is 28.0 Å². The Morgan fingerprint density at radius 1 is 1.59 bits per heavy atom. The lowest BCUT2D eigenvalue weighted by molar-refractivity contribution is -0.139. The number of rotatable bonds is 4. The topological polar surface area (TPSA) is 99.3 Å². The van der Waals surface area contributed by atoms with Crippen molar-refractivity contribution in [2.75, 3.05) is 0 Å². The largest absolute Gasteiger partial charge is 0.480 e. The van der Waals surface area contributed by atoms with Crippen molar-refractivity contribution in [2.45, 2.75) is 12.5 Å². The van der Waals surface area contributed by atoms with E-state index in [0.29, 0.717) is 0 Å². The van der Waals surface area contributed by atoms with Gasteiger partial charge in [0.25, 0.3) is 5.91 Å². The van der Waals surface area contributed by atoms with Crippen molar-refractivity contribution in [3.63, 3.8) is 0 Å². The molecule has 1 amide bonds. The Balaban J connectivity index is 2.86. The number of hydrogen-bond acceptors (Lipinski definition) is 3. The summed E-state index contributed by atoms with van der Waals surface area (Å²) in [5.41, 5.74) is -0.651. The summed E-state index contributed by atoms with van der Waals surface area (Å²) < 4.78 is 0. The van der Waals surface area contributed by atoms with Gasteiger partial charge in [-0.2, -0.15) is 0 Å². The van der Waals surface area contributed by atoms with Crippen LogP contribution < -0.4 is 10.7 Å². The number of carboxylic acids is 1. The van der Waals surface area contributed by atoms with Gasteiger partial charge in [0.05, 0.1) is 0 Å². The van der Waals surface area contributed by atoms with Gasteiger partial charge in [-0.15, -0.1) is 12.3 Å². The van der Waals surface area contributed by atoms with Gasteiger partial charge in [0.2, 0.25) is 0 Å². The van der Waals surface area contributed by atoms with Crippen LogP contribution in [0.1, 0.15) is 16.8 Å². The van der Waals surface area contributed by atoms with E-state index in [1.165, 1.54) is 18.5 Å². The standard InChI is InChI=1S/C11H10N2O4/c1-2-3-8(11(16)17)13-10(15)7-6-12-5-4-9(7)14/h1,4-6,8H,3H2,(H,12,14)(H,13,15)(H,16,17). The minimum atomic E-state index is -1.25. The number of carbonyl (C=O) groups is 2. The van der Waals surface area contributed by atoms with Gasteiger partial charge in [-0.05, 0) is 0 Å². The predicted molar refractivity (Wildman–Crippen MR) is 59.4 cm³/mol. The molecular formula is C11H10N2O4. The zero-order valence-electron chi connectivity index (χ0n) is 8.77. The molecule has 1 rings (SSSR count). The molecule has 0 saturated carbocycles. The summed E-state index contributed by atoms with van der Waals surface area (Å²) in [5, 5.41) is 10.9. The van der Waals surface area contributed by atoms with Crippen molar-refractivity contribution >= 4 is 11.9 Å². The molecule has 1 unspecified atom stereocenters. The monoisotopic (exact) mass is 234 g/mol. The summed E-state index contributed by atoms with van der Waals surface area (Å²) in [6, 6.07) is -0.0293. The third-order valence-corrected chi connectivity index (χ3v) is 1.99. The summed E-state index contributed by atoms with van der Waals surface area (Å²) >= 11 is 0. The Morgan fingerprint density at radius 3 is 2.82 bits per heavy atom. The van der Waals surface area contributed by atoms with Crippen LogP contribution in [0.5, 0.6) is 0 Å². The van der Waals surface area contributed by atoms with E-state index in [1.54, 1.807) is 0 Å². The Labute approximate surface area is 96.7 Å². The number of terminal acetylenes is 1. The molecule has 0 bridgehead atoms. The second kappa shape index (κ2) is 5.51. The van der Waals surface area contributed by atoms with Crippen LogP contribution in [0.25, 0.3) is 0 Å². The lowest BCUT2D eigenvalue weighted by Gasteiger charge is -2.10. The van der Waals surface area contributed by atoms with Crippen molar-refractivity contribution in [1.82, 2.24) is 10.3 Å². The predicted octanol–water partition coefficient (Wildman–Crippen LogP) is -0.419. The molecule has 17 heavy (non-hydrogen) atoms. The van der Waals surface area contributed by atoms with Gasteiger partial charge in [0.15, 0.2) is 5.43 Å². The normalized spacial score (nSPS) is 11.2. The summed E-state index contributed by atoms with van der Waals surface area (Å²) in [6.45, 7) is 0. The molecule has 0 spiro atoms. The van der Waals surface area contributed by atoms with Crippen LogP contribution in [0.4, 0.5) is 0 Å². The van der Waals surface area contributed by atoms with E-state index in [0.717, 1.165) is 0 Å². The summed E-state index contributed by atoms with van der Waals surface area (Å²) in [6.07, 6.45) is 7.40. The second-order valence-electron chi connectivity index (χ2n) is 3.19. The molecule has 88 valence electrons. The summed E-state index contributed by atoms with van der Waals surface area (Å²) in [5.74, 6) is 0.123. The van der Waals surface area contributed by atoms with Crippen molar-refractivity contribution in [3.05, 3.63) is 34.2 Å². The number of aromatic amines is 1. The highest BCUT2D eigenvalue weighted by molar-refractivity contribution is 5.96. The molecule has 0 aliphatic rings. The highest BCUT2D eigenvalue weighted by Gasteiger charge is 2.20. The Kier molecular flexibility index (Phi) is 4.06. The smallest absolute Gasteiger partial charge is 0.327 e. The zero-order chi connectivity index (χ0) is 12.8. The molecule has 1 aromatic rings. The van der Waals surface area contributed by atoms with Crippen LogP contribution in [0.15, 0.2) is 23.3 Å². The SMILES string of the molecule is C#CCC(NC(=O)c1c[nH]ccc1=O)C(=O)O. The maximum atomic E-state index is 11.6. The molecule has 3 N–H and O–H groups in total. The van der Waals surface area contributed by atoms with Crippen molar-refractivity contribution in [2.24, 2.45) is 0 Å². The van der Waals surface area contributed by atoms with Gasteiger partial charge in [-0.3, -0.25) is 9.59 Å². The number of hydrogen-bond donors (Lipinski definition) is 3. The van der Waals surface area contributed by atoms with E-state index >= 15 is 0 Å². The number of carboxylic acid groups (broad SMARTS) is 1. The first-order valence-electron chi connectivity index (χ1n) is 4.70. The van der Waals surface area contributed by atoms with E-state index < -0.39 is 23.3 Å². The lowest BCUT2D eigenvalue weighted by Crippen LogP contribution is -2.42. The van der Waals surface area contributed by atoms with Crippen LogP contribution >= 0.6 is 0 Å². The minimum Gasteiger partial charge on any atom is -0.480 e. The molecule has 0 fully saturated rings. The van der Waals surface area contributed by atoms with Gasteiger partial charge < -0.3 is 15.4 Å². The molecule has 1 atom stereocenters. The molecule has 0 radical (unpaired) electrons. The van der Waals surface area contributed by atoms with E-state index in [9.17, 15) is 14.4 Å². The number of aromatic nitrogens is 1. The summed E-state index contributed by atoms with van der Waals surface area (Å²) in [7, 11) is 0. The van der Waals surface area contributed by atoms with Gasteiger partial charge >= 0.3 is 5.97 Å². The third kappa shape index (κ3) is 3.21. The molecule has 6 nitrogen and oxygen atoms in total. The fourth-order valence-corrected chi connectivity index (χ4v) is 1.15. The number of H-pyrrole nitrogens is 1. The average Bonchev–Trinajstić information content (AvgIpc) is 2.28. The highest BCUT2D eigenvalue weighted by atomic mass is 16.4. The molecule has 0 aromatic carbocycles. The number of carbonyl (C=O) groups excluding carboxylic acids is 1. The summed E-state index contributed by atoms with van der Waals surface area (Å²) in [4.78, 5) is 36.2. The molecule has 0 aliphatic carbocycles. The fourth-order valence-electron chi connectivity index (χ4n) is 1.15. The van der Waals surface area contributed by atoms with Crippen LogP contribution in [-0.2, 0) is 4.79 Å². The van der Waals surface area contributed by atoms with Crippen molar-refractivity contribution < 1.29 is 14.7 Å². The molecule has 0 aliphatic heterocycles. The Hall–Kier alpha value is -2.55. The quantitative estimate of drug-likeness (QED) is 0.616. The first-order valence-corrected chi connectivity index (χ1v) is 4.70. The van der Waals surface area contributed by atoms with Crippen molar-refractivity contribution in [3.8, 4) is 12.3 Å². The molecule has 1 aromatic heterocycles. The molecule has 6 heteroatoms. The lowest BCUT2D eigenvalue weighted by atomic mass is 10.2. The maximum Gasteiger partial charge on any atom is 0.327 e. The van der Waals surface area contributed by atoms with Crippen LogP contribution in [0.2, 0.25) is 0 Å². The van der Waals surface area contributed by atoms with Gasteiger partial charge in [-0.25, -0.2) is 4.79 Å². The average molecular weight is 234 g/mol. The Bertz CT molecular complexity index is 527. The molecular weight excluding hydrogens is 224 g/mol. The Morgan fingerprint density at radius 2 is 2.29 bits per heavy atom. The van der Waals surface area contributed by atoms with Crippen LogP contribution in [0, 0.1) is 12.3 Å². The van der Waals surface area contributed by atoms with Gasteiger partial charge in [0.1, 0.15) is 11.6 Å². The van der Waals surface area contributed by atoms with E-state index in [-0.39, 0.29) is 12.0 Å². The third-order valence-electron chi connectivity index (χ3n) is 1.99. The number of amides is 1. The van der Waals surface area contributed by atoms with E-state index in [2.05, 4.69) is 16.2 Å².